The largest absolute Gasteiger partial charge is 0.350 e. The fourth-order valence-corrected chi connectivity index (χ4v) is 4.17. The summed E-state index contributed by atoms with van der Waals surface area (Å²) < 4.78 is 1.81. The van der Waals surface area contributed by atoms with Gasteiger partial charge in [-0.25, -0.2) is 4.98 Å². The zero-order valence-corrected chi connectivity index (χ0v) is 20.3. The lowest BCUT2D eigenvalue weighted by molar-refractivity contribution is -0.124. The van der Waals surface area contributed by atoms with Crippen LogP contribution in [0.4, 0.5) is 0 Å². The molecule has 34 heavy (non-hydrogen) atoms. The maximum absolute atomic E-state index is 13.5. The highest BCUT2D eigenvalue weighted by molar-refractivity contribution is 6.30. The summed E-state index contributed by atoms with van der Waals surface area (Å²) in [6.07, 6.45) is 0.570. The van der Waals surface area contributed by atoms with Crippen LogP contribution in [0.25, 0.3) is 11.0 Å². The number of rotatable bonds is 8. The van der Waals surface area contributed by atoms with Crippen molar-refractivity contribution in [2.24, 2.45) is 5.92 Å². The van der Waals surface area contributed by atoms with Gasteiger partial charge in [-0.1, -0.05) is 79.5 Å². The first kappa shape index (κ1) is 23.7. The molecule has 3 aromatic carbocycles. The van der Waals surface area contributed by atoms with Crippen LogP contribution in [0.3, 0.4) is 0 Å². The first-order chi connectivity index (χ1) is 16.3. The van der Waals surface area contributed by atoms with Crippen molar-refractivity contribution in [1.82, 2.24) is 14.9 Å². The monoisotopic (exact) mass is 473 g/mol. The molecule has 0 saturated carbocycles. The maximum atomic E-state index is 13.5. The number of nitrogens with one attached hydrogen (secondary N) is 1. The summed E-state index contributed by atoms with van der Waals surface area (Å²) in [6, 6.07) is 21.8. The van der Waals surface area contributed by atoms with E-state index in [0.717, 1.165) is 16.6 Å². The van der Waals surface area contributed by atoms with Crippen molar-refractivity contribution in [3.8, 4) is 0 Å². The quantitative estimate of drug-likeness (QED) is 0.313. The smallest absolute Gasteiger partial charge is 0.243 e. The molecule has 0 spiro atoms. The van der Waals surface area contributed by atoms with Crippen molar-refractivity contribution in [2.45, 2.75) is 39.8 Å². The van der Waals surface area contributed by atoms with Crippen LogP contribution in [0.5, 0.6) is 0 Å². The van der Waals surface area contributed by atoms with E-state index >= 15 is 0 Å². The zero-order valence-electron chi connectivity index (χ0n) is 19.6. The summed E-state index contributed by atoms with van der Waals surface area (Å²) in [6.45, 7) is 6.49. The van der Waals surface area contributed by atoms with Crippen LogP contribution in [-0.2, 0) is 11.3 Å². The van der Waals surface area contributed by atoms with E-state index < -0.39 is 6.04 Å². The minimum atomic E-state index is -0.580. The van der Waals surface area contributed by atoms with E-state index in [2.05, 4.69) is 24.1 Å². The molecule has 0 bridgehead atoms. The summed E-state index contributed by atoms with van der Waals surface area (Å²) in [5, 5.41) is 3.70. The highest BCUT2D eigenvalue weighted by Crippen LogP contribution is 2.28. The number of para-hydroxylation sites is 2. The summed E-state index contributed by atoms with van der Waals surface area (Å²) >= 11 is 5.98. The Morgan fingerprint density at radius 3 is 2.32 bits per heavy atom. The predicted molar refractivity (Wildman–Crippen MR) is 136 cm³/mol. The third-order valence-corrected chi connectivity index (χ3v) is 6.05. The number of hydrogen-bond donors (Lipinski definition) is 1. The van der Waals surface area contributed by atoms with Gasteiger partial charge in [-0.2, -0.15) is 0 Å². The molecule has 1 heterocycles. The molecule has 0 aliphatic rings. The number of imidazole rings is 1. The van der Waals surface area contributed by atoms with Gasteiger partial charge in [0.2, 0.25) is 11.7 Å². The van der Waals surface area contributed by atoms with Crippen molar-refractivity contribution < 1.29 is 9.59 Å². The molecule has 4 rings (SSSR count). The van der Waals surface area contributed by atoms with Gasteiger partial charge < -0.3 is 9.88 Å². The Morgan fingerprint density at radius 1 is 0.971 bits per heavy atom. The number of nitrogens with zero attached hydrogens (tertiary/aromatic N) is 2. The number of aromatic nitrogens is 2. The summed E-state index contributed by atoms with van der Waals surface area (Å²) in [7, 11) is 0. The van der Waals surface area contributed by atoms with E-state index in [-0.39, 0.29) is 23.4 Å². The zero-order chi connectivity index (χ0) is 24.2. The second-order valence-electron chi connectivity index (χ2n) is 8.98. The second-order valence-corrected chi connectivity index (χ2v) is 9.42. The number of halogens is 1. The number of aryl methyl sites for hydroxylation is 1. The highest BCUT2D eigenvalue weighted by Gasteiger charge is 2.29. The molecule has 0 aliphatic heterocycles. The molecular weight excluding hydrogens is 446 g/mol. The molecule has 1 N–H and O–H groups in total. The second kappa shape index (κ2) is 10.2. The number of fused-ring (bicyclic) bond motifs is 1. The van der Waals surface area contributed by atoms with Gasteiger partial charge >= 0.3 is 0 Å². The molecule has 4 aromatic rings. The minimum Gasteiger partial charge on any atom is -0.350 e. The first-order valence-corrected chi connectivity index (χ1v) is 11.8. The topological polar surface area (TPSA) is 64.0 Å². The SMILES string of the molecule is Cc1ccc(C(=O)c2nc3ccccc3n2C(CC(C)C)C(=O)NCc2ccc(Cl)cc2)cc1. The van der Waals surface area contributed by atoms with Crippen molar-refractivity contribution in [2.75, 3.05) is 0 Å². The Labute approximate surface area is 204 Å². The lowest BCUT2D eigenvalue weighted by Gasteiger charge is -2.23. The fraction of sp³-hybridized carbons (Fsp3) is 0.250. The number of hydrogen-bond acceptors (Lipinski definition) is 3. The molecule has 6 heteroatoms. The normalized spacial score (nSPS) is 12.1. The van der Waals surface area contributed by atoms with E-state index in [1.165, 1.54) is 0 Å². The number of benzene rings is 3. The molecular formula is C28H28ClN3O2. The van der Waals surface area contributed by atoms with Gasteiger partial charge in [0.15, 0.2) is 5.82 Å². The van der Waals surface area contributed by atoms with Gasteiger partial charge in [-0.3, -0.25) is 9.59 Å². The third kappa shape index (κ3) is 5.20. The minimum absolute atomic E-state index is 0.148. The standard InChI is InChI=1S/C28H28ClN3O2/c1-18(2)16-25(28(34)30-17-20-10-14-22(29)15-11-20)32-24-7-5-4-6-23(24)31-27(32)26(33)21-12-8-19(3)9-13-21/h4-15,18,25H,16-17H2,1-3H3,(H,30,34). The van der Waals surface area contributed by atoms with Crippen molar-refractivity contribution >= 4 is 34.3 Å². The van der Waals surface area contributed by atoms with Crippen LogP contribution in [0.2, 0.25) is 5.02 Å². The average Bonchev–Trinajstić information content (AvgIpc) is 3.21. The molecule has 0 aliphatic carbocycles. The average molecular weight is 474 g/mol. The van der Waals surface area contributed by atoms with Crippen molar-refractivity contribution in [1.29, 1.82) is 0 Å². The molecule has 0 radical (unpaired) electrons. The van der Waals surface area contributed by atoms with Crippen LogP contribution in [0.1, 0.15) is 53.6 Å². The van der Waals surface area contributed by atoms with Crippen molar-refractivity contribution in [3.05, 3.63) is 100 Å². The summed E-state index contributed by atoms with van der Waals surface area (Å²) in [5.74, 6) is 0.160. The van der Waals surface area contributed by atoms with Gasteiger partial charge in [-0.05, 0) is 49.1 Å². The number of amides is 1. The van der Waals surface area contributed by atoms with Crippen LogP contribution >= 0.6 is 11.6 Å². The van der Waals surface area contributed by atoms with Crippen LogP contribution in [0.15, 0.2) is 72.8 Å². The van der Waals surface area contributed by atoms with Crippen LogP contribution in [0, 0.1) is 12.8 Å². The highest BCUT2D eigenvalue weighted by atomic mass is 35.5. The van der Waals surface area contributed by atoms with Gasteiger partial charge in [0.1, 0.15) is 6.04 Å². The lowest BCUT2D eigenvalue weighted by atomic mass is 10.0. The van der Waals surface area contributed by atoms with Crippen LogP contribution in [-0.4, -0.2) is 21.2 Å². The molecule has 1 atom stereocenters. The molecule has 1 unspecified atom stereocenters. The molecule has 174 valence electrons. The lowest BCUT2D eigenvalue weighted by Crippen LogP contribution is -2.34. The molecule has 5 nitrogen and oxygen atoms in total. The van der Waals surface area contributed by atoms with Gasteiger partial charge in [0, 0.05) is 17.1 Å². The Morgan fingerprint density at radius 2 is 1.65 bits per heavy atom. The van der Waals surface area contributed by atoms with E-state index in [1.807, 2.05) is 60.0 Å². The van der Waals surface area contributed by atoms with Crippen molar-refractivity contribution in [3.63, 3.8) is 0 Å². The van der Waals surface area contributed by atoms with E-state index in [9.17, 15) is 9.59 Å². The van der Waals surface area contributed by atoms with E-state index in [1.54, 1.807) is 24.3 Å². The Kier molecular flexibility index (Phi) is 7.13. The maximum Gasteiger partial charge on any atom is 0.243 e. The Bertz CT molecular complexity index is 1310. The number of carbonyl (C=O) groups excluding carboxylic acids is 2. The number of carbonyl (C=O) groups is 2. The third-order valence-electron chi connectivity index (χ3n) is 5.80. The molecule has 1 amide bonds. The van der Waals surface area contributed by atoms with E-state index in [4.69, 9.17) is 11.6 Å². The van der Waals surface area contributed by atoms with E-state index in [0.29, 0.717) is 29.1 Å². The Balaban J connectivity index is 1.74. The van der Waals surface area contributed by atoms with Gasteiger partial charge in [-0.15, -0.1) is 0 Å². The first-order valence-electron chi connectivity index (χ1n) is 11.4. The van der Waals surface area contributed by atoms with Gasteiger partial charge in [0.05, 0.1) is 11.0 Å². The van der Waals surface area contributed by atoms with Gasteiger partial charge in [0.25, 0.3) is 0 Å². The number of ketones is 1. The molecule has 1 aromatic heterocycles. The fourth-order valence-electron chi connectivity index (χ4n) is 4.04. The summed E-state index contributed by atoms with van der Waals surface area (Å²) in [5.41, 5.74) is 4.03. The molecule has 0 saturated heterocycles. The summed E-state index contributed by atoms with van der Waals surface area (Å²) in [4.78, 5) is 31.7. The van der Waals surface area contributed by atoms with Crippen LogP contribution < -0.4 is 5.32 Å². The predicted octanol–water partition coefficient (Wildman–Crippen LogP) is 6.13. The molecule has 0 fully saturated rings. The Hall–Kier alpha value is -3.44.